The number of rotatable bonds is 1. The summed E-state index contributed by atoms with van der Waals surface area (Å²) in [6.45, 7) is 6.12. The van der Waals surface area contributed by atoms with Crippen molar-refractivity contribution in [2.45, 2.75) is 20.8 Å². The molecular formula is C12H15NS. The average molecular weight is 205 g/mol. The van der Waals surface area contributed by atoms with E-state index >= 15 is 0 Å². The second-order valence-electron chi connectivity index (χ2n) is 2.65. The summed E-state index contributed by atoms with van der Waals surface area (Å²) in [6, 6.07) is 8.35. The summed E-state index contributed by atoms with van der Waals surface area (Å²) in [4.78, 5) is 6.65. The van der Waals surface area contributed by atoms with Gasteiger partial charge in [-0.25, -0.2) is 0 Å². The van der Waals surface area contributed by atoms with E-state index in [0.717, 1.165) is 0 Å². The fourth-order valence-electron chi connectivity index (χ4n) is 1.11. The Balaban J connectivity index is 0.000000461. The Labute approximate surface area is 89.4 Å². The normalized spacial score (nSPS) is 9.07. The van der Waals surface area contributed by atoms with Crippen molar-refractivity contribution in [3.8, 4) is 10.4 Å². The van der Waals surface area contributed by atoms with E-state index in [4.69, 9.17) is 0 Å². The third-order valence-electron chi connectivity index (χ3n) is 1.71. The van der Waals surface area contributed by atoms with Crippen molar-refractivity contribution in [2.75, 3.05) is 0 Å². The zero-order chi connectivity index (χ0) is 10.4. The van der Waals surface area contributed by atoms with Crippen molar-refractivity contribution in [3.05, 3.63) is 41.5 Å². The van der Waals surface area contributed by atoms with E-state index in [1.165, 1.54) is 15.3 Å². The molecule has 2 aromatic heterocycles. The minimum absolute atomic E-state index is 1.25. The van der Waals surface area contributed by atoms with Crippen molar-refractivity contribution in [2.24, 2.45) is 0 Å². The Morgan fingerprint density at radius 3 is 2.14 bits per heavy atom. The van der Waals surface area contributed by atoms with E-state index in [0.29, 0.717) is 0 Å². The standard InChI is InChI=1S/C10H9NS.C2H6/c1-8-2-3-10(12-8)9-4-6-11-7-5-9;1-2/h2-7H,1H3;1-2H3. The van der Waals surface area contributed by atoms with Crippen molar-refractivity contribution >= 4 is 11.3 Å². The van der Waals surface area contributed by atoms with Gasteiger partial charge in [0, 0.05) is 22.1 Å². The molecular weight excluding hydrogens is 190 g/mol. The SMILES string of the molecule is CC.Cc1ccc(-c2ccncc2)s1. The number of pyridine rings is 1. The molecule has 0 aliphatic rings. The third kappa shape index (κ3) is 2.67. The topological polar surface area (TPSA) is 12.9 Å². The van der Waals surface area contributed by atoms with Crippen LogP contribution in [0.1, 0.15) is 18.7 Å². The quantitative estimate of drug-likeness (QED) is 0.681. The second kappa shape index (κ2) is 5.55. The second-order valence-corrected chi connectivity index (χ2v) is 3.93. The number of aromatic nitrogens is 1. The molecule has 0 aliphatic carbocycles. The lowest BCUT2D eigenvalue weighted by molar-refractivity contribution is 1.33. The van der Waals surface area contributed by atoms with Crippen LogP contribution in [-0.4, -0.2) is 4.98 Å². The van der Waals surface area contributed by atoms with Gasteiger partial charge in [0.25, 0.3) is 0 Å². The number of aryl methyl sites for hydroxylation is 1. The Morgan fingerprint density at radius 2 is 1.64 bits per heavy atom. The van der Waals surface area contributed by atoms with Gasteiger partial charge in [0.1, 0.15) is 0 Å². The van der Waals surface area contributed by atoms with Gasteiger partial charge >= 0.3 is 0 Å². The largest absolute Gasteiger partial charge is 0.265 e. The molecule has 0 saturated heterocycles. The molecule has 0 radical (unpaired) electrons. The molecule has 14 heavy (non-hydrogen) atoms. The molecule has 0 atom stereocenters. The molecule has 0 aromatic carbocycles. The molecule has 0 saturated carbocycles. The number of hydrogen-bond acceptors (Lipinski definition) is 2. The van der Waals surface area contributed by atoms with Gasteiger partial charge in [0.2, 0.25) is 0 Å². The molecule has 74 valence electrons. The van der Waals surface area contributed by atoms with Crippen LogP contribution in [0.4, 0.5) is 0 Å². The predicted molar refractivity (Wildman–Crippen MR) is 63.6 cm³/mol. The van der Waals surface area contributed by atoms with Crippen molar-refractivity contribution in [1.82, 2.24) is 4.98 Å². The van der Waals surface area contributed by atoms with E-state index in [9.17, 15) is 0 Å². The van der Waals surface area contributed by atoms with Gasteiger partial charge in [0.05, 0.1) is 0 Å². The van der Waals surface area contributed by atoms with Gasteiger partial charge in [-0.1, -0.05) is 13.8 Å². The molecule has 2 aromatic rings. The molecule has 1 nitrogen and oxygen atoms in total. The summed E-state index contributed by atoms with van der Waals surface area (Å²) < 4.78 is 0. The van der Waals surface area contributed by atoms with Crippen LogP contribution >= 0.6 is 11.3 Å². The zero-order valence-electron chi connectivity index (χ0n) is 8.82. The molecule has 0 fully saturated rings. The van der Waals surface area contributed by atoms with Crippen molar-refractivity contribution < 1.29 is 0 Å². The third-order valence-corrected chi connectivity index (χ3v) is 2.75. The number of nitrogens with zero attached hydrogens (tertiary/aromatic N) is 1. The number of hydrogen-bond donors (Lipinski definition) is 0. The molecule has 0 aliphatic heterocycles. The van der Waals surface area contributed by atoms with Gasteiger partial charge in [0.15, 0.2) is 0 Å². The summed E-state index contributed by atoms with van der Waals surface area (Å²) >= 11 is 1.81. The van der Waals surface area contributed by atoms with Crippen LogP contribution < -0.4 is 0 Å². The van der Waals surface area contributed by atoms with Crippen LogP contribution in [-0.2, 0) is 0 Å². The van der Waals surface area contributed by atoms with Gasteiger partial charge in [-0.3, -0.25) is 4.98 Å². The lowest BCUT2D eigenvalue weighted by atomic mass is 10.2. The highest BCUT2D eigenvalue weighted by atomic mass is 32.1. The zero-order valence-corrected chi connectivity index (χ0v) is 9.64. The van der Waals surface area contributed by atoms with E-state index in [1.807, 2.05) is 49.7 Å². The van der Waals surface area contributed by atoms with Crippen molar-refractivity contribution in [3.63, 3.8) is 0 Å². The Morgan fingerprint density at radius 1 is 1.00 bits per heavy atom. The summed E-state index contributed by atoms with van der Waals surface area (Å²) in [5.74, 6) is 0. The Kier molecular flexibility index (Phi) is 4.33. The summed E-state index contributed by atoms with van der Waals surface area (Å²) in [6.07, 6.45) is 3.65. The van der Waals surface area contributed by atoms with Gasteiger partial charge < -0.3 is 0 Å². The Hall–Kier alpha value is -1.15. The maximum absolute atomic E-state index is 3.98. The van der Waals surface area contributed by atoms with Crippen molar-refractivity contribution in [1.29, 1.82) is 0 Å². The highest BCUT2D eigenvalue weighted by Gasteiger charge is 1.97. The maximum Gasteiger partial charge on any atom is 0.0346 e. The molecule has 0 spiro atoms. The van der Waals surface area contributed by atoms with E-state index in [1.54, 1.807) is 0 Å². The van der Waals surface area contributed by atoms with E-state index in [2.05, 4.69) is 24.0 Å². The van der Waals surface area contributed by atoms with Crippen LogP contribution in [0.3, 0.4) is 0 Å². The summed E-state index contributed by atoms with van der Waals surface area (Å²) in [5.41, 5.74) is 1.25. The monoisotopic (exact) mass is 205 g/mol. The van der Waals surface area contributed by atoms with Crippen LogP contribution in [0.15, 0.2) is 36.7 Å². The first kappa shape index (κ1) is 10.9. The molecule has 0 amide bonds. The molecule has 0 N–H and O–H groups in total. The van der Waals surface area contributed by atoms with Gasteiger partial charge in [-0.2, -0.15) is 0 Å². The van der Waals surface area contributed by atoms with Gasteiger partial charge in [-0.15, -0.1) is 11.3 Å². The highest BCUT2D eigenvalue weighted by Crippen LogP contribution is 2.26. The molecule has 2 rings (SSSR count). The molecule has 2 heteroatoms. The molecule has 2 heterocycles. The summed E-state index contributed by atoms with van der Waals surface area (Å²) in [5, 5.41) is 0. The lowest BCUT2D eigenvalue weighted by Crippen LogP contribution is -1.71. The van der Waals surface area contributed by atoms with Crippen LogP contribution in [0.5, 0.6) is 0 Å². The summed E-state index contributed by atoms with van der Waals surface area (Å²) in [7, 11) is 0. The van der Waals surface area contributed by atoms with E-state index < -0.39 is 0 Å². The fourth-order valence-corrected chi connectivity index (χ4v) is 1.98. The lowest BCUT2D eigenvalue weighted by Gasteiger charge is -1.93. The smallest absolute Gasteiger partial charge is 0.0346 e. The minimum Gasteiger partial charge on any atom is -0.265 e. The first-order chi connectivity index (χ1) is 6.86. The Bertz CT molecular complexity index is 365. The van der Waals surface area contributed by atoms with Crippen LogP contribution in [0.25, 0.3) is 10.4 Å². The predicted octanol–water partition coefficient (Wildman–Crippen LogP) is 4.14. The minimum atomic E-state index is 1.25. The van der Waals surface area contributed by atoms with Gasteiger partial charge in [-0.05, 0) is 36.8 Å². The van der Waals surface area contributed by atoms with E-state index in [-0.39, 0.29) is 0 Å². The fraction of sp³-hybridized carbons (Fsp3) is 0.250. The maximum atomic E-state index is 3.98. The first-order valence-corrected chi connectivity index (χ1v) is 5.65. The first-order valence-electron chi connectivity index (χ1n) is 4.83. The molecule has 0 bridgehead atoms. The van der Waals surface area contributed by atoms with Crippen LogP contribution in [0, 0.1) is 6.92 Å². The number of thiophene rings is 1. The van der Waals surface area contributed by atoms with Crippen LogP contribution in [0.2, 0.25) is 0 Å². The molecule has 0 unspecified atom stereocenters. The average Bonchev–Trinajstić information content (AvgIpc) is 2.69. The highest BCUT2D eigenvalue weighted by molar-refractivity contribution is 7.15.